The van der Waals surface area contributed by atoms with E-state index in [2.05, 4.69) is 15.3 Å². The van der Waals surface area contributed by atoms with Gasteiger partial charge in [-0.15, -0.1) is 0 Å². The predicted octanol–water partition coefficient (Wildman–Crippen LogP) is 2.79. The second-order valence-corrected chi connectivity index (χ2v) is 8.32. The van der Waals surface area contributed by atoms with Gasteiger partial charge in [0.1, 0.15) is 5.82 Å². The zero-order valence-electron chi connectivity index (χ0n) is 18.7. The second kappa shape index (κ2) is 8.79. The number of benzene rings is 1. The van der Waals surface area contributed by atoms with Crippen LogP contribution >= 0.6 is 0 Å². The molecule has 1 aliphatic rings. The highest BCUT2D eigenvalue weighted by atomic mass is 16.5. The van der Waals surface area contributed by atoms with Crippen LogP contribution in [0.25, 0.3) is 0 Å². The van der Waals surface area contributed by atoms with Gasteiger partial charge in [-0.05, 0) is 0 Å². The van der Waals surface area contributed by atoms with Crippen molar-refractivity contribution in [1.29, 1.82) is 0 Å². The lowest BCUT2D eigenvalue weighted by Gasteiger charge is -2.20. The lowest BCUT2D eigenvalue weighted by molar-refractivity contribution is -0.122. The van der Waals surface area contributed by atoms with Gasteiger partial charge in [0.25, 0.3) is 0 Å². The van der Waals surface area contributed by atoms with Crippen molar-refractivity contribution in [2.45, 2.75) is 32.6 Å². The van der Waals surface area contributed by atoms with E-state index < -0.39 is 5.92 Å². The van der Waals surface area contributed by atoms with E-state index in [0.29, 0.717) is 34.4 Å². The zero-order valence-corrected chi connectivity index (χ0v) is 18.7. The average Bonchev–Trinajstić information content (AvgIpc) is 3.14. The monoisotopic (exact) mass is 428 g/mol. The number of anilines is 2. The van der Waals surface area contributed by atoms with Crippen LogP contribution in [0.1, 0.15) is 33.0 Å². The fourth-order valence-electron chi connectivity index (χ4n) is 3.38. The highest BCUT2D eigenvalue weighted by Gasteiger charge is 2.36. The molecule has 0 spiro atoms. The highest BCUT2D eigenvalue weighted by molar-refractivity contribution is 6.03. The number of methoxy groups -OCH3 is 3. The molecule has 1 unspecified atom stereocenters. The number of aromatic nitrogens is 2. The summed E-state index contributed by atoms with van der Waals surface area (Å²) < 4.78 is 16.1. The Labute approximate surface area is 181 Å². The Hall–Kier alpha value is -3.36. The van der Waals surface area contributed by atoms with E-state index in [9.17, 15) is 9.59 Å². The average molecular weight is 428 g/mol. The molecule has 1 aromatic heterocycles. The molecule has 0 bridgehead atoms. The third-order valence-electron chi connectivity index (χ3n) is 5.05. The topological polar surface area (TPSA) is 103 Å². The predicted molar refractivity (Wildman–Crippen MR) is 116 cm³/mol. The summed E-state index contributed by atoms with van der Waals surface area (Å²) in [6.45, 7) is 6.29. The third-order valence-corrected chi connectivity index (χ3v) is 5.05. The maximum absolute atomic E-state index is 12.8. The van der Waals surface area contributed by atoms with E-state index in [1.807, 2.05) is 20.8 Å². The molecule has 9 nitrogen and oxygen atoms in total. The molecule has 1 saturated heterocycles. The first-order chi connectivity index (χ1) is 14.7. The van der Waals surface area contributed by atoms with Crippen molar-refractivity contribution in [2.75, 3.05) is 38.1 Å². The lowest BCUT2D eigenvalue weighted by Crippen LogP contribution is -2.28. The van der Waals surface area contributed by atoms with Gasteiger partial charge in [-0.1, -0.05) is 20.8 Å². The molecular formula is C22H28N4O5. The molecule has 2 aromatic rings. The number of carbonyl (C=O) groups excluding carboxylic acids is 2. The minimum Gasteiger partial charge on any atom is -0.493 e. The largest absolute Gasteiger partial charge is 0.493 e. The second-order valence-electron chi connectivity index (χ2n) is 8.32. The van der Waals surface area contributed by atoms with Gasteiger partial charge in [0.05, 0.1) is 51.0 Å². The van der Waals surface area contributed by atoms with E-state index in [0.717, 1.165) is 0 Å². The van der Waals surface area contributed by atoms with Gasteiger partial charge >= 0.3 is 0 Å². The van der Waals surface area contributed by atoms with Crippen LogP contribution in [0.5, 0.6) is 17.2 Å². The Morgan fingerprint density at radius 2 is 1.65 bits per heavy atom. The summed E-state index contributed by atoms with van der Waals surface area (Å²) in [5.74, 6) is 1.09. The van der Waals surface area contributed by atoms with E-state index in [-0.39, 0.29) is 30.2 Å². The zero-order chi connectivity index (χ0) is 22.8. The van der Waals surface area contributed by atoms with Crippen molar-refractivity contribution in [3.63, 3.8) is 0 Å². The molecular weight excluding hydrogens is 400 g/mol. The van der Waals surface area contributed by atoms with Gasteiger partial charge in [-0.3, -0.25) is 9.59 Å². The number of hydrogen-bond donors (Lipinski definition) is 1. The van der Waals surface area contributed by atoms with Crippen LogP contribution < -0.4 is 24.4 Å². The smallest absolute Gasteiger partial charge is 0.229 e. The van der Waals surface area contributed by atoms with Crippen LogP contribution in [0.4, 0.5) is 11.4 Å². The van der Waals surface area contributed by atoms with Crippen LogP contribution in [-0.2, 0) is 15.0 Å². The van der Waals surface area contributed by atoms with Gasteiger partial charge < -0.3 is 24.4 Å². The van der Waals surface area contributed by atoms with Crippen molar-refractivity contribution >= 4 is 23.2 Å². The van der Waals surface area contributed by atoms with Gasteiger partial charge in [-0.2, -0.15) is 0 Å². The summed E-state index contributed by atoms with van der Waals surface area (Å²) in [6.07, 6.45) is 3.27. The summed E-state index contributed by atoms with van der Waals surface area (Å²) in [7, 11) is 4.53. The van der Waals surface area contributed by atoms with Crippen LogP contribution in [-0.4, -0.2) is 49.7 Å². The molecule has 2 amide bonds. The molecule has 1 atom stereocenters. The first-order valence-electron chi connectivity index (χ1n) is 9.91. The standard InChI is InChI=1S/C22H28N4O5/c1-22(2,3)21-23-10-14(11-24-21)25-20(28)13-7-18(27)26(12-13)15-8-16(29-4)19(31-6)17(9-15)30-5/h8-11,13H,7,12H2,1-6H3,(H,25,28). The molecule has 0 saturated carbocycles. The molecule has 1 fully saturated rings. The normalized spacial score (nSPS) is 16.3. The van der Waals surface area contributed by atoms with Crippen molar-refractivity contribution < 1.29 is 23.8 Å². The Morgan fingerprint density at radius 3 is 2.13 bits per heavy atom. The molecule has 1 aliphatic heterocycles. The molecule has 1 N–H and O–H groups in total. The number of ether oxygens (including phenoxy) is 3. The summed E-state index contributed by atoms with van der Waals surface area (Å²) in [5.41, 5.74) is 0.894. The van der Waals surface area contributed by atoms with Crippen molar-refractivity contribution in [2.24, 2.45) is 5.92 Å². The minimum absolute atomic E-state index is 0.101. The Kier molecular flexibility index (Phi) is 6.33. The van der Waals surface area contributed by atoms with Gasteiger partial charge in [0, 0.05) is 30.5 Å². The number of hydrogen-bond acceptors (Lipinski definition) is 7. The SMILES string of the molecule is COc1cc(N2CC(C(=O)Nc3cnc(C(C)(C)C)nc3)CC2=O)cc(OC)c1OC. The first-order valence-corrected chi connectivity index (χ1v) is 9.91. The van der Waals surface area contributed by atoms with Crippen molar-refractivity contribution in [1.82, 2.24) is 9.97 Å². The highest BCUT2D eigenvalue weighted by Crippen LogP contribution is 2.42. The third kappa shape index (κ3) is 4.70. The number of amides is 2. The first kappa shape index (κ1) is 22.3. The maximum Gasteiger partial charge on any atom is 0.229 e. The lowest BCUT2D eigenvalue weighted by atomic mass is 9.96. The summed E-state index contributed by atoms with van der Waals surface area (Å²) >= 11 is 0. The van der Waals surface area contributed by atoms with Crippen LogP contribution in [0, 0.1) is 5.92 Å². The van der Waals surface area contributed by atoms with E-state index in [4.69, 9.17) is 14.2 Å². The van der Waals surface area contributed by atoms with Gasteiger partial charge in [0.2, 0.25) is 17.6 Å². The van der Waals surface area contributed by atoms with E-state index in [1.165, 1.54) is 21.3 Å². The summed E-state index contributed by atoms with van der Waals surface area (Å²) in [5, 5.41) is 2.81. The number of rotatable bonds is 6. The Balaban J connectivity index is 1.75. The van der Waals surface area contributed by atoms with Crippen LogP contribution in [0.2, 0.25) is 0 Å². The molecule has 2 heterocycles. The Bertz CT molecular complexity index is 944. The van der Waals surface area contributed by atoms with Gasteiger partial charge in [-0.25, -0.2) is 9.97 Å². The quantitative estimate of drug-likeness (QED) is 0.755. The molecule has 0 radical (unpaired) electrons. The van der Waals surface area contributed by atoms with Crippen LogP contribution in [0.3, 0.4) is 0 Å². The minimum atomic E-state index is -0.506. The molecule has 31 heavy (non-hydrogen) atoms. The molecule has 166 valence electrons. The molecule has 1 aromatic carbocycles. The fourth-order valence-corrected chi connectivity index (χ4v) is 3.38. The fraction of sp³-hybridized carbons (Fsp3) is 0.455. The number of carbonyl (C=O) groups is 2. The van der Waals surface area contributed by atoms with Crippen molar-refractivity contribution in [3.8, 4) is 17.2 Å². The van der Waals surface area contributed by atoms with Gasteiger partial charge in [0.15, 0.2) is 11.5 Å². The number of nitrogens with one attached hydrogen (secondary N) is 1. The molecule has 3 rings (SSSR count). The van der Waals surface area contributed by atoms with E-state index in [1.54, 1.807) is 29.4 Å². The summed E-state index contributed by atoms with van der Waals surface area (Å²) in [6, 6.07) is 3.39. The van der Waals surface area contributed by atoms with Crippen molar-refractivity contribution in [3.05, 3.63) is 30.4 Å². The van der Waals surface area contributed by atoms with Crippen LogP contribution in [0.15, 0.2) is 24.5 Å². The molecule has 0 aliphatic carbocycles. The maximum atomic E-state index is 12.8. The Morgan fingerprint density at radius 1 is 1.06 bits per heavy atom. The molecule has 9 heteroatoms. The number of nitrogens with zero attached hydrogens (tertiary/aromatic N) is 3. The summed E-state index contributed by atoms with van der Waals surface area (Å²) in [4.78, 5) is 35.6. The van der Waals surface area contributed by atoms with E-state index >= 15 is 0 Å².